The van der Waals surface area contributed by atoms with E-state index in [1.54, 1.807) is 6.20 Å². The van der Waals surface area contributed by atoms with E-state index in [0.717, 1.165) is 25.9 Å². The molecule has 1 fully saturated rings. The van der Waals surface area contributed by atoms with Crippen molar-refractivity contribution >= 4 is 24.3 Å². The molecule has 1 aliphatic rings. The summed E-state index contributed by atoms with van der Waals surface area (Å²) in [6.07, 6.45) is 5.66. The first-order valence-corrected chi connectivity index (χ1v) is 7.13. The molecule has 0 spiro atoms. The molecule has 0 bridgehead atoms. The lowest BCUT2D eigenvalue weighted by molar-refractivity contribution is -0.121. The fraction of sp³-hybridized carbons (Fsp3) is 0.714. The average molecular weight is 301 g/mol. The number of rotatable bonds is 4. The molecule has 2 atom stereocenters. The number of aromatic nitrogens is 2. The zero-order chi connectivity index (χ0) is 13.8. The van der Waals surface area contributed by atoms with Crippen LogP contribution in [0.5, 0.6) is 0 Å². The van der Waals surface area contributed by atoms with Crippen LogP contribution in [0.25, 0.3) is 0 Å². The summed E-state index contributed by atoms with van der Waals surface area (Å²) in [5.74, 6) is 1.31. The molecule has 0 aliphatic carbocycles. The molecule has 2 heterocycles. The molecule has 1 amide bonds. The van der Waals surface area contributed by atoms with Gasteiger partial charge in [-0.3, -0.25) is 10.1 Å². The number of amides is 1. The lowest BCUT2D eigenvalue weighted by Gasteiger charge is -2.28. The Kier molecular flexibility index (Phi) is 6.49. The maximum atomic E-state index is 12.3. The Balaban J connectivity index is 0.00000200. The fourth-order valence-corrected chi connectivity index (χ4v) is 2.58. The fourth-order valence-electron chi connectivity index (χ4n) is 2.58. The molecule has 2 rings (SSSR count). The monoisotopic (exact) mass is 300 g/mol. The van der Waals surface area contributed by atoms with Crippen molar-refractivity contribution in [2.24, 2.45) is 11.8 Å². The van der Waals surface area contributed by atoms with Crippen LogP contribution in [-0.2, 0) is 11.3 Å². The molecule has 1 saturated heterocycles. The van der Waals surface area contributed by atoms with Gasteiger partial charge < -0.3 is 9.88 Å². The summed E-state index contributed by atoms with van der Waals surface area (Å²) in [5, 5.41) is 6.32. The van der Waals surface area contributed by atoms with Crippen molar-refractivity contribution in [1.82, 2.24) is 14.9 Å². The van der Waals surface area contributed by atoms with Gasteiger partial charge in [-0.25, -0.2) is 4.98 Å². The number of hydrogen-bond donors (Lipinski definition) is 2. The van der Waals surface area contributed by atoms with Crippen LogP contribution in [0, 0.1) is 11.8 Å². The van der Waals surface area contributed by atoms with Crippen LogP contribution in [0.3, 0.4) is 0 Å². The van der Waals surface area contributed by atoms with E-state index in [1.807, 2.05) is 10.8 Å². The maximum absolute atomic E-state index is 12.3. The van der Waals surface area contributed by atoms with Gasteiger partial charge in [0, 0.05) is 25.0 Å². The molecular formula is C14H25ClN4O. The number of hydrogen-bond acceptors (Lipinski definition) is 3. The van der Waals surface area contributed by atoms with Crippen molar-refractivity contribution < 1.29 is 4.79 Å². The minimum atomic E-state index is 0. The first-order chi connectivity index (χ1) is 9.08. The van der Waals surface area contributed by atoms with Crippen molar-refractivity contribution in [2.75, 3.05) is 11.9 Å². The van der Waals surface area contributed by atoms with Crippen LogP contribution in [0.2, 0.25) is 0 Å². The van der Waals surface area contributed by atoms with Crippen molar-refractivity contribution in [2.45, 2.75) is 46.2 Å². The number of carbonyl (C=O) groups is 1. The third-order valence-corrected chi connectivity index (χ3v) is 3.61. The number of halogens is 1. The predicted molar refractivity (Wildman–Crippen MR) is 83.1 cm³/mol. The standard InChI is InChI=1S/C14H24N4O.ClH/c1-10(2)9-18-8-7-16-14(18)17-13(19)12-5-4-6-15-11(12)3;/h7-8,10-12,15H,4-6,9H2,1-3H3,(H,16,17,19);1H/t11-,12-;/m1./s1. The molecule has 0 radical (unpaired) electrons. The second-order valence-corrected chi connectivity index (χ2v) is 5.78. The number of piperidine rings is 1. The summed E-state index contributed by atoms with van der Waals surface area (Å²) in [4.78, 5) is 16.5. The van der Waals surface area contributed by atoms with Crippen molar-refractivity contribution in [3.63, 3.8) is 0 Å². The third kappa shape index (κ3) is 4.21. The molecule has 6 heteroatoms. The SMILES string of the molecule is CC(C)Cn1ccnc1NC(=O)[C@@H]1CCCN[C@@H]1C.Cl. The Morgan fingerprint density at radius 2 is 2.35 bits per heavy atom. The molecule has 20 heavy (non-hydrogen) atoms. The molecule has 0 unspecified atom stereocenters. The van der Waals surface area contributed by atoms with Gasteiger partial charge in [-0.05, 0) is 32.2 Å². The van der Waals surface area contributed by atoms with Crippen molar-refractivity contribution in [1.29, 1.82) is 0 Å². The van der Waals surface area contributed by atoms with E-state index in [0.29, 0.717) is 11.9 Å². The number of anilines is 1. The number of imidazole rings is 1. The second kappa shape index (κ2) is 7.64. The third-order valence-electron chi connectivity index (χ3n) is 3.61. The van der Waals surface area contributed by atoms with Gasteiger partial charge in [-0.15, -0.1) is 12.4 Å². The molecule has 2 N–H and O–H groups in total. The number of carbonyl (C=O) groups excluding carboxylic acids is 1. The maximum Gasteiger partial charge on any atom is 0.231 e. The predicted octanol–water partition coefficient (Wildman–Crippen LogP) is 2.29. The highest BCUT2D eigenvalue weighted by Gasteiger charge is 2.28. The van der Waals surface area contributed by atoms with Gasteiger partial charge in [0.15, 0.2) is 0 Å². The molecule has 1 aliphatic heterocycles. The molecule has 114 valence electrons. The minimum absolute atomic E-state index is 0. The van der Waals surface area contributed by atoms with Crippen LogP contribution in [0.4, 0.5) is 5.95 Å². The van der Waals surface area contributed by atoms with Gasteiger partial charge in [0.05, 0.1) is 5.92 Å². The van der Waals surface area contributed by atoms with Crippen LogP contribution in [-0.4, -0.2) is 28.0 Å². The Morgan fingerprint density at radius 3 is 3.00 bits per heavy atom. The molecular weight excluding hydrogens is 276 g/mol. The minimum Gasteiger partial charge on any atom is -0.317 e. The summed E-state index contributed by atoms with van der Waals surface area (Å²) in [5.41, 5.74) is 0. The first kappa shape index (κ1) is 17.0. The topological polar surface area (TPSA) is 59.0 Å². The van der Waals surface area contributed by atoms with E-state index in [1.165, 1.54) is 0 Å². The highest BCUT2D eigenvalue weighted by molar-refractivity contribution is 5.91. The molecule has 0 aromatic carbocycles. The van der Waals surface area contributed by atoms with Gasteiger partial charge in [0.1, 0.15) is 0 Å². The molecule has 1 aromatic heterocycles. The zero-order valence-corrected chi connectivity index (χ0v) is 13.2. The second-order valence-electron chi connectivity index (χ2n) is 5.78. The van der Waals surface area contributed by atoms with E-state index in [9.17, 15) is 4.79 Å². The highest BCUT2D eigenvalue weighted by Crippen LogP contribution is 2.18. The number of nitrogens with one attached hydrogen (secondary N) is 2. The van der Waals surface area contributed by atoms with E-state index in [-0.39, 0.29) is 30.3 Å². The molecule has 5 nitrogen and oxygen atoms in total. The van der Waals surface area contributed by atoms with E-state index in [2.05, 4.69) is 36.4 Å². The Labute approximate surface area is 126 Å². The first-order valence-electron chi connectivity index (χ1n) is 7.13. The van der Waals surface area contributed by atoms with Gasteiger partial charge in [0.2, 0.25) is 11.9 Å². The quantitative estimate of drug-likeness (QED) is 0.897. The van der Waals surface area contributed by atoms with Gasteiger partial charge >= 0.3 is 0 Å². The van der Waals surface area contributed by atoms with Crippen molar-refractivity contribution in [3.05, 3.63) is 12.4 Å². The summed E-state index contributed by atoms with van der Waals surface area (Å²) >= 11 is 0. The summed E-state index contributed by atoms with van der Waals surface area (Å²) in [6.45, 7) is 8.25. The Hall–Kier alpha value is -1.07. The van der Waals surface area contributed by atoms with Crippen LogP contribution >= 0.6 is 12.4 Å². The average Bonchev–Trinajstić information content (AvgIpc) is 2.76. The Bertz CT molecular complexity index is 433. The van der Waals surface area contributed by atoms with Crippen LogP contribution in [0.15, 0.2) is 12.4 Å². The number of nitrogens with zero attached hydrogens (tertiary/aromatic N) is 2. The van der Waals surface area contributed by atoms with E-state index < -0.39 is 0 Å². The Morgan fingerprint density at radius 1 is 1.60 bits per heavy atom. The molecule has 0 saturated carbocycles. The van der Waals surface area contributed by atoms with Gasteiger partial charge in [-0.2, -0.15) is 0 Å². The van der Waals surface area contributed by atoms with Crippen molar-refractivity contribution in [3.8, 4) is 0 Å². The van der Waals surface area contributed by atoms with E-state index in [4.69, 9.17) is 0 Å². The van der Waals surface area contributed by atoms with E-state index >= 15 is 0 Å². The normalized spacial score (nSPS) is 22.4. The zero-order valence-electron chi connectivity index (χ0n) is 12.4. The lowest BCUT2D eigenvalue weighted by atomic mass is 9.91. The van der Waals surface area contributed by atoms with Crippen LogP contribution < -0.4 is 10.6 Å². The summed E-state index contributed by atoms with van der Waals surface area (Å²) < 4.78 is 2.00. The largest absolute Gasteiger partial charge is 0.317 e. The van der Waals surface area contributed by atoms with Gasteiger partial charge in [-0.1, -0.05) is 13.8 Å². The summed E-state index contributed by atoms with van der Waals surface area (Å²) in [7, 11) is 0. The summed E-state index contributed by atoms with van der Waals surface area (Å²) in [6, 6.07) is 0.238. The van der Waals surface area contributed by atoms with Gasteiger partial charge in [0.25, 0.3) is 0 Å². The molecule has 1 aromatic rings. The van der Waals surface area contributed by atoms with Crippen LogP contribution in [0.1, 0.15) is 33.6 Å². The highest BCUT2D eigenvalue weighted by atomic mass is 35.5. The smallest absolute Gasteiger partial charge is 0.231 e. The lowest BCUT2D eigenvalue weighted by Crippen LogP contribution is -2.44.